The Morgan fingerprint density at radius 2 is 1.84 bits per heavy atom. The molecule has 0 saturated carbocycles. The maximum atomic E-state index is 12.7. The second-order valence-electron chi connectivity index (χ2n) is 8.50. The number of hydrogen-bond donors (Lipinski definition) is 0. The van der Waals surface area contributed by atoms with Crippen LogP contribution in [0.15, 0.2) is 36.4 Å². The number of hydrogen-bond acceptors (Lipinski definition) is 6. The summed E-state index contributed by atoms with van der Waals surface area (Å²) >= 11 is 0. The highest BCUT2D eigenvalue weighted by Crippen LogP contribution is 2.23. The monoisotopic (exact) mass is 439 g/mol. The van der Waals surface area contributed by atoms with Crippen molar-refractivity contribution in [2.24, 2.45) is 5.92 Å². The molecule has 2 heterocycles. The number of nitrogens with zero attached hydrogens (tertiary/aromatic N) is 5. The predicted molar refractivity (Wildman–Crippen MR) is 125 cm³/mol. The summed E-state index contributed by atoms with van der Waals surface area (Å²) in [6, 6.07) is 11.6. The van der Waals surface area contributed by atoms with Crippen LogP contribution in [0.1, 0.15) is 27.2 Å². The second kappa shape index (κ2) is 10.9. The first-order valence-electron chi connectivity index (χ1n) is 11.1. The van der Waals surface area contributed by atoms with Crippen LogP contribution in [0.4, 0.5) is 5.82 Å². The van der Waals surface area contributed by atoms with Crippen molar-refractivity contribution in [3.63, 3.8) is 0 Å². The van der Waals surface area contributed by atoms with Gasteiger partial charge in [0.25, 0.3) is 0 Å². The van der Waals surface area contributed by atoms with E-state index in [1.165, 1.54) is 6.92 Å². The summed E-state index contributed by atoms with van der Waals surface area (Å²) < 4.78 is 5.28. The van der Waals surface area contributed by atoms with Gasteiger partial charge in [-0.15, -0.1) is 10.2 Å². The van der Waals surface area contributed by atoms with Crippen LogP contribution in [0.25, 0.3) is 11.3 Å². The molecule has 2 amide bonds. The molecule has 3 rings (SSSR count). The van der Waals surface area contributed by atoms with Gasteiger partial charge in [-0.05, 0) is 36.6 Å². The molecular formula is C24H33N5O3. The molecule has 0 radical (unpaired) electrons. The average molecular weight is 440 g/mol. The lowest BCUT2D eigenvalue weighted by Crippen LogP contribution is -2.52. The molecule has 8 heteroatoms. The molecule has 32 heavy (non-hydrogen) atoms. The Labute approximate surface area is 190 Å². The van der Waals surface area contributed by atoms with E-state index in [9.17, 15) is 9.59 Å². The van der Waals surface area contributed by atoms with E-state index in [1.807, 2.05) is 41.3 Å². The van der Waals surface area contributed by atoms with E-state index in [4.69, 9.17) is 4.74 Å². The van der Waals surface area contributed by atoms with Crippen LogP contribution in [0.5, 0.6) is 5.75 Å². The molecule has 1 aromatic heterocycles. The zero-order chi connectivity index (χ0) is 23.1. The van der Waals surface area contributed by atoms with Gasteiger partial charge in [-0.2, -0.15) is 0 Å². The van der Waals surface area contributed by atoms with Gasteiger partial charge in [-0.3, -0.25) is 9.59 Å². The third kappa shape index (κ3) is 6.18. The Kier molecular flexibility index (Phi) is 8.03. The van der Waals surface area contributed by atoms with Gasteiger partial charge in [-0.25, -0.2) is 0 Å². The van der Waals surface area contributed by atoms with Crippen molar-refractivity contribution in [1.82, 2.24) is 20.0 Å². The minimum absolute atomic E-state index is 0.00284. The molecule has 8 nitrogen and oxygen atoms in total. The predicted octanol–water partition coefficient (Wildman–Crippen LogP) is 2.70. The molecule has 0 atom stereocenters. The Bertz CT molecular complexity index is 908. The Balaban J connectivity index is 1.54. The van der Waals surface area contributed by atoms with Crippen LogP contribution in [0.3, 0.4) is 0 Å². The van der Waals surface area contributed by atoms with Gasteiger partial charge in [-0.1, -0.05) is 26.0 Å². The van der Waals surface area contributed by atoms with Crippen molar-refractivity contribution in [3.05, 3.63) is 36.4 Å². The highest BCUT2D eigenvalue weighted by molar-refractivity contribution is 5.84. The van der Waals surface area contributed by atoms with E-state index in [0.717, 1.165) is 29.2 Å². The molecule has 1 saturated heterocycles. The number of rotatable bonds is 8. The van der Waals surface area contributed by atoms with Gasteiger partial charge in [0.1, 0.15) is 5.75 Å². The van der Waals surface area contributed by atoms with Crippen molar-refractivity contribution < 1.29 is 14.3 Å². The lowest BCUT2D eigenvalue weighted by Gasteiger charge is -2.36. The van der Waals surface area contributed by atoms with Crippen LogP contribution in [0.2, 0.25) is 0 Å². The van der Waals surface area contributed by atoms with Gasteiger partial charge < -0.3 is 19.4 Å². The topological polar surface area (TPSA) is 78.9 Å². The molecule has 1 aliphatic heterocycles. The van der Waals surface area contributed by atoms with Crippen molar-refractivity contribution in [1.29, 1.82) is 0 Å². The number of carbonyl (C=O) groups is 2. The van der Waals surface area contributed by atoms with Crippen molar-refractivity contribution in [3.8, 4) is 17.0 Å². The molecule has 1 aliphatic rings. The van der Waals surface area contributed by atoms with Gasteiger partial charge >= 0.3 is 0 Å². The molecule has 0 spiro atoms. The summed E-state index contributed by atoms with van der Waals surface area (Å²) in [7, 11) is 1.64. The number of anilines is 1. The van der Waals surface area contributed by atoms with Gasteiger partial charge in [0.15, 0.2) is 5.82 Å². The summed E-state index contributed by atoms with van der Waals surface area (Å²) in [4.78, 5) is 30.2. The Morgan fingerprint density at radius 3 is 2.44 bits per heavy atom. The molecule has 0 bridgehead atoms. The highest BCUT2D eigenvalue weighted by Gasteiger charge is 2.24. The maximum absolute atomic E-state index is 12.7. The maximum Gasteiger partial charge on any atom is 0.242 e. The summed E-state index contributed by atoms with van der Waals surface area (Å²) in [6.07, 6.45) is 0.894. The van der Waals surface area contributed by atoms with Crippen molar-refractivity contribution in [2.45, 2.75) is 27.2 Å². The Hall–Kier alpha value is -3.16. The summed E-state index contributed by atoms with van der Waals surface area (Å²) in [5.74, 6) is 2.02. The number of aromatic nitrogens is 2. The van der Waals surface area contributed by atoms with Crippen LogP contribution in [-0.4, -0.2) is 78.2 Å². The first-order chi connectivity index (χ1) is 15.4. The number of carbonyl (C=O) groups excluding carboxylic acids is 2. The lowest BCUT2D eigenvalue weighted by atomic mass is 10.1. The lowest BCUT2D eigenvalue weighted by molar-refractivity contribution is -0.139. The largest absolute Gasteiger partial charge is 0.497 e. The minimum atomic E-state index is -0.0518. The van der Waals surface area contributed by atoms with E-state index in [0.29, 0.717) is 38.6 Å². The molecular weight excluding hydrogens is 406 g/mol. The van der Waals surface area contributed by atoms with Crippen molar-refractivity contribution in [2.75, 3.05) is 51.3 Å². The van der Waals surface area contributed by atoms with Crippen LogP contribution < -0.4 is 9.64 Å². The first kappa shape index (κ1) is 23.5. The van der Waals surface area contributed by atoms with Crippen LogP contribution >= 0.6 is 0 Å². The fourth-order valence-electron chi connectivity index (χ4n) is 3.64. The van der Waals surface area contributed by atoms with Crippen LogP contribution in [-0.2, 0) is 9.59 Å². The minimum Gasteiger partial charge on any atom is -0.497 e. The number of piperazine rings is 1. The number of methoxy groups -OCH3 is 1. The number of amides is 2. The molecule has 1 fully saturated rings. The average Bonchev–Trinajstić information content (AvgIpc) is 2.81. The van der Waals surface area contributed by atoms with E-state index >= 15 is 0 Å². The highest BCUT2D eigenvalue weighted by atomic mass is 16.5. The van der Waals surface area contributed by atoms with E-state index in [-0.39, 0.29) is 18.4 Å². The zero-order valence-electron chi connectivity index (χ0n) is 19.5. The van der Waals surface area contributed by atoms with Crippen molar-refractivity contribution >= 4 is 17.6 Å². The smallest absolute Gasteiger partial charge is 0.242 e. The third-order valence-electron chi connectivity index (χ3n) is 5.72. The van der Waals surface area contributed by atoms with Crippen LogP contribution in [0, 0.1) is 5.92 Å². The van der Waals surface area contributed by atoms with E-state index in [1.54, 1.807) is 12.0 Å². The van der Waals surface area contributed by atoms with E-state index in [2.05, 4.69) is 28.9 Å². The van der Waals surface area contributed by atoms with Gasteiger partial charge in [0.05, 0.1) is 19.3 Å². The molecule has 0 unspecified atom stereocenters. The molecule has 2 aromatic rings. The quantitative estimate of drug-likeness (QED) is 0.629. The molecule has 0 aliphatic carbocycles. The Morgan fingerprint density at radius 1 is 1.09 bits per heavy atom. The first-order valence-corrected chi connectivity index (χ1v) is 11.1. The summed E-state index contributed by atoms with van der Waals surface area (Å²) in [6.45, 7) is 9.11. The van der Waals surface area contributed by atoms with Gasteiger partial charge in [0, 0.05) is 45.2 Å². The summed E-state index contributed by atoms with van der Waals surface area (Å²) in [5.41, 5.74) is 1.73. The zero-order valence-corrected chi connectivity index (χ0v) is 19.5. The van der Waals surface area contributed by atoms with E-state index < -0.39 is 0 Å². The molecule has 1 aromatic carbocycles. The standard InChI is InChI=1S/C24H33N5O3/c1-18(2)10-11-29(19(3)30)17-24(31)28-14-12-27(13-15-28)23-9-8-22(25-26-23)20-6-5-7-21(16-20)32-4/h5-9,16,18H,10-15,17H2,1-4H3. The molecule has 172 valence electrons. The molecule has 0 N–H and O–H groups in total. The second-order valence-corrected chi connectivity index (χ2v) is 8.50. The summed E-state index contributed by atoms with van der Waals surface area (Å²) in [5, 5.41) is 8.77. The number of ether oxygens (including phenoxy) is 1. The van der Waals surface area contributed by atoms with Gasteiger partial charge in [0.2, 0.25) is 11.8 Å². The SMILES string of the molecule is COc1cccc(-c2ccc(N3CCN(C(=O)CN(CCC(C)C)C(C)=O)CC3)nn2)c1. The fourth-order valence-corrected chi connectivity index (χ4v) is 3.64. The number of benzene rings is 1. The third-order valence-corrected chi connectivity index (χ3v) is 5.72. The fraction of sp³-hybridized carbons (Fsp3) is 0.500. The normalized spacial score (nSPS) is 13.9.